The first kappa shape index (κ1) is 25.8. The van der Waals surface area contributed by atoms with E-state index in [9.17, 15) is 9.59 Å². The smallest absolute Gasteiger partial charge is 0.269 e. The van der Waals surface area contributed by atoms with Crippen molar-refractivity contribution in [3.8, 4) is 17.2 Å². The van der Waals surface area contributed by atoms with Crippen LogP contribution in [0.25, 0.3) is 0 Å². The van der Waals surface area contributed by atoms with Gasteiger partial charge in [0.25, 0.3) is 11.8 Å². The number of amides is 2. The molecule has 0 atom stereocenters. The van der Waals surface area contributed by atoms with Crippen LogP contribution in [0.3, 0.4) is 0 Å². The van der Waals surface area contributed by atoms with Crippen molar-refractivity contribution in [1.82, 2.24) is 10.9 Å². The van der Waals surface area contributed by atoms with Crippen molar-refractivity contribution < 1.29 is 23.8 Å². The molecule has 2 aromatic rings. The number of hydrogen-bond donors (Lipinski definition) is 2. The Hall–Kier alpha value is -3.42. The van der Waals surface area contributed by atoms with Gasteiger partial charge in [0.05, 0.1) is 19.8 Å². The molecule has 2 rings (SSSR count). The fourth-order valence-corrected chi connectivity index (χ4v) is 3.43. The quantitative estimate of drug-likeness (QED) is 0.492. The molecule has 0 heterocycles. The first-order valence-electron chi connectivity index (χ1n) is 11.4. The van der Waals surface area contributed by atoms with Crippen molar-refractivity contribution in [2.24, 2.45) is 0 Å². The third-order valence-electron chi connectivity index (χ3n) is 4.89. The molecule has 0 saturated heterocycles. The number of benzene rings is 2. The minimum absolute atomic E-state index is 0.275. The predicted molar refractivity (Wildman–Crippen MR) is 129 cm³/mol. The van der Waals surface area contributed by atoms with Gasteiger partial charge >= 0.3 is 0 Å². The van der Waals surface area contributed by atoms with E-state index in [-0.39, 0.29) is 5.56 Å². The normalized spacial score (nSPS) is 10.5. The van der Waals surface area contributed by atoms with E-state index in [1.165, 1.54) is 0 Å². The van der Waals surface area contributed by atoms with E-state index in [1.54, 1.807) is 24.3 Å². The second-order valence-corrected chi connectivity index (χ2v) is 7.44. The Labute approximate surface area is 196 Å². The molecule has 0 aliphatic heterocycles. The third kappa shape index (κ3) is 6.78. The molecule has 8 heteroatoms. The number of carbonyl (C=O) groups excluding carboxylic acids is 2. The largest absolute Gasteiger partial charge is 0.490 e. The van der Waals surface area contributed by atoms with Crippen LogP contribution in [-0.4, -0.2) is 44.2 Å². The summed E-state index contributed by atoms with van der Waals surface area (Å²) in [6.07, 6.45) is 0. The molecular weight excluding hydrogens is 422 g/mol. The molecule has 2 amide bonds. The summed E-state index contributed by atoms with van der Waals surface area (Å²) in [5, 5.41) is 0. The topological polar surface area (TPSA) is 89.1 Å². The zero-order chi connectivity index (χ0) is 24.4. The first-order valence-corrected chi connectivity index (χ1v) is 11.4. The highest BCUT2D eigenvalue weighted by Crippen LogP contribution is 2.39. The lowest BCUT2D eigenvalue weighted by Gasteiger charge is -2.27. The van der Waals surface area contributed by atoms with Crippen molar-refractivity contribution in [1.29, 1.82) is 0 Å². The Balaban J connectivity index is 2.14. The van der Waals surface area contributed by atoms with Crippen LogP contribution >= 0.6 is 0 Å². The first-order chi connectivity index (χ1) is 15.9. The summed E-state index contributed by atoms with van der Waals surface area (Å²) >= 11 is 0. The minimum atomic E-state index is -0.498. The van der Waals surface area contributed by atoms with Gasteiger partial charge in [-0.15, -0.1) is 0 Å². The highest BCUT2D eigenvalue weighted by Gasteiger charge is 2.19. The number of nitrogens with one attached hydrogen (secondary N) is 2. The van der Waals surface area contributed by atoms with E-state index in [0.29, 0.717) is 48.7 Å². The van der Waals surface area contributed by atoms with Crippen molar-refractivity contribution >= 4 is 17.5 Å². The molecule has 0 fully saturated rings. The number of hydrazine groups is 1. The summed E-state index contributed by atoms with van der Waals surface area (Å²) < 4.78 is 16.9. The summed E-state index contributed by atoms with van der Waals surface area (Å²) in [5.74, 6) is 0.348. The van der Waals surface area contributed by atoms with Crippen LogP contribution in [0.1, 0.15) is 62.3 Å². The maximum Gasteiger partial charge on any atom is 0.269 e. The number of nitrogens with zero attached hydrogens (tertiary/aromatic N) is 1. The highest BCUT2D eigenvalue weighted by atomic mass is 16.5. The average Bonchev–Trinajstić information content (AvgIpc) is 2.80. The average molecular weight is 458 g/mol. The molecule has 33 heavy (non-hydrogen) atoms. The van der Waals surface area contributed by atoms with Crippen LogP contribution in [0.2, 0.25) is 0 Å². The molecule has 0 unspecified atom stereocenters. The predicted octanol–water partition coefficient (Wildman–Crippen LogP) is 4.19. The molecule has 0 aliphatic rings. The number of ether oxygens (including phenoxy) is 3. The van der Waals surface area contributed by atoms with Crippen LogP contribution in [0.4, 0.5) is 5.69 Å². The zero-order valence-corrected chi connectivity index (χ0v) is 20.4. The van der Waals surface area contributed by atoms with E-state index in [2.05, 4.69) is 36.5 Å². The minimum Gasteiger partial charge on any atom is -0.490 e. The summed E-state index contributed by atoms with van der Waals surface area (Å²) in [6, 6.07) is 10.8. The van der Waals surface area contributed by atoms with E-state index in [0.717, 1.165) is 12.2 Å². The second kappa shape index (κ2) is 12.6. The summed E-state index contributed by atoms with van der Waals surface area (Å²) in [4.78, 5) is 27.5. The molecular formula is C25H35N3O5. The van der Waals surface area contributed by atoms with Crippen LogP contribution in [0.5, 0.6) is 17.2 Å². The van der Waals surface area contributed by atoms with Gasteiger partial charge in [0.15, 0.2) is 11.5 Å². The van der Waals surface area contributed by atoms with Crippen LogP contribution < -0.4 is 30.0 Å². The molecule has 0 aliphatic carbocycles. The van der Waals surface area contributed by atoms with Gasteiger partial charge in [-0.05, 0) is 77.9 Å². The Morgan fingerprint density at radius 2 is 1.27 bits per heavy atom. The molecule has 8 nitrogen and oxygen atoms in total. The van der Waals surface area contributed by atoms with Gasteiger partial charge in [-0.3, -0.25) is 20.4 Å². The highest BCUT2D eigenvalue weighted by molar-refractivity contribution is 5.99. The number of carbonyl (C=O) groups is 2. The summed E-state index contributed by atoms with van der Waals surface area (Å²) in [6.45, 7) is 14.0. The van der Waals surface area contributed by atoms with Crippen molar-refractivity contribution in [3.63, 3.8) is 0 Å². The van der Waals surface area contributed by atoms with Crippen molar-refractivity contribution in [2.75, 3.05) is 31.3 Å². The molecule has 2 N–H and O–H groups in total. The van der Waals surface area contributed by atoms with E-state index < -0.39 is 11.8 Å². The lowest BCUT2D eigenvalue weighted by atomic mass is 10.1. The van der Waals surface area contributed by atoms with Crippen molar-refractivity contribution in [3.05, 3.63) is 47.5 Å². The Bertz CT molecular complexity index is 901. The second-order valence-electron chi connectivity index (χ2n) is 7.44. The molecule has 180 valence electrons. The number of rotatable bonds is 11. The van der Waals surface area contributed by atoms with Gasteiger partial charge in [0.2, 0.25) is 5.75 Å². The number of anilines is 1. The van der Waals surface area contributed by atoms with E-state index in [4.69, 9.17) is 14.2 Å². The van der Waals surface area contributed by atoms with Gasteiger partial charge in [-0.25, -0.2) is 0 Å². The Morgan fingerprint density at radius 1 is 0.788 bits per heavy atom. The molecule has 0 spiro atoms. The summed E-state index contributed by atoms with van der Waals surface area (Å²) in [5.41, 5.74) is 6.67. The summed E-state index contributed by atoms with van der Waals surface area (Å²) in [7, 11) is 0. The van der Waals surface area contributed by atoms with Crippen LogP contribution in [0, 0.1) is 0 Å². The standard InChI is InChI=1S/C25H35N3O5/c1-7-28(17(5)6)20-13-11-18(12-14-20)24(29)26-27-25(30)19-15-21(31-8-2)23(33-10-4)22(16-19)32-9-3/h11-17H,7-10H2,1-6H3,(H,26,29)(H,27,30). The number of hydrogen-bond acceptors (Lipinski definition) is 6. The van der Waals surface area contributed by atoms with Crippen LogP contribution in [-0.2, 0) is 0 Å². The SMILES string of the molecule is CCOc1cc(C(=O)NNC(=O)c2ccc(N(CC)C(C)C)cc2)cc(OCC)c1OCC. The fourth-order valence-electron chi connectivity index (χ4n) is 3.43. The molecule has 0 saturated carbocycles. The van der Waals surface area contributed by atoms with Gasteiger partial charge in [-0.1, -0.05) is 0 Å². The fraction of sp³-hybridized carbons (Fsp3) is 0.440. The van der Waals surface area contributed by atoms with Gasteiger partial charge < -0.3 is 19.1 Å². The Kier molecular flexibility index (Phi) is 9.84. The maximum absolute atomic E-state index is 12.7. The molecule has 0 bridgehead atoms. The lowest BCUT2D eigenvalue weighted by Crippen LogP contribution is -2.41. The molecule has 0 aromatic heterocycles. The van der Waals surface area contributed by atoms with Gasteiger partial charge in [-0.2, -0.15) is 0 Å². The van der Waals surface area contributed by atoms with Gasteiger partial charge in [0, 0.05) is 29.4 Å². The molecule has 0 radical (unpaired) electrons. The zero-order valence-electron chi connectivity index (χ0n) is 20.4. The lowest BCUT2D eigenvalue weighted by molar-refractivity contribution is 0.0846. The van der Waals surface area contributed by atoms with Crippen LogP contribution in [0.15, 0.2) is 36.4 Å². The van der Waals surface area contributed by atoms with E-state index >= 15 is 0 Å². The monoisotopic (exact) mass is 457 g/mol. The molecule has 2 aromatic carbocycles. The van der Waals surface area contributed by atoms with Crippen molar-refractivity contribution in [2.45, 2.75) is 47.6 Å². The maximum atomic E-state index is 12.7. The van der Waals surface area contributed by atoms with Gasteiger partial charge in [0.1, 0.15) is 0 Å². The third-order valence-corrected chi connectivity index (χ3v) is 4.89. The van der Waals surface area contributed by atoms with E-state index in [1.807, 2.05) is 32.9 Å². The Morgan fingerprint density at radius 3 is 1.70 bits per heavy atom.